The molecule has 0 amide bonds. The van der Waals surface area contributed by atoms with E-state index in [1.807, 2.05) is 36.4 Å². The summed E-state index contributed by atoms with van der Waals surface area (Å²) >= 11 is 0. The lowest BCUT2D eigenvalue weighted by Gasteiger charge is -2.08. The minimum Gasteiger partial charge on any atom is -0.489 e. The summed E-state index contributed by atoms with van der Waals surface area (Å²) in [6, 6.07) is 22.9. The Morgan fingerprint density at radius 3 is 2.45 bits per heavy atom. The molecule has 4 aromatic rings. The van der Waals surface area contributed by atoms with E-state index in [0.717, 1.165) is 52.7 Å². The van der Waals surface area contributed by atoms with Gasteiger partial charge in [0.05, 0.1) is 0 Å². The predicted octanol–water partition coefficient (Wildman–Crippen LogP) is 5.83. The van der Waals surface area contributed by atoms with E-state index in [1.54, 1.807) is 0 Å². The Morgan fingerprint density at radius 1 is 0.897 bits per heavy atom. The molecule has 0 aliphatic rings. The molecule has 1 heterocycles. The van der Waals surface area contributed by atoms with Crippen molar-refractivity contribution < 1.29 is 9.13 Å². The topological polar surface area (TPSA) is 51.0 Å². The van der Waals surface area contributed by atoms with E-state index in [0.29, 0.717) is 13.2 Å². The second-order valence-electron chi connectivity index (χ2n) is 7.21. The fraction of sp³-hybridized carbons (Fsp3) is 0.200. The van der Waals surface area contributed by atoms with Crippen LogP contribution in [0.5, 0.6) is 5.75 Å². The van der Waals surface area contributed by atoms with E-state index < -0.39 is 0 Å². The minimum absolute atomic E-state index is 0.230. The van der Waals surface area contributed by atoms with Gasteiger partial charge in [-0.05, 0) is 85.0 Å². The highest BCUT2D eigenvalue weighted by atomic mass is 19.1. The number of rotatable bonds is 8. The number of aromatic amines is 1. The molecule has 0 spiro atoms. The van der Waals surface area contributed by atoms with Crippen LogP contribution in [0, 0.1) is 5.82 Å². The van der Waals surface area contributed by atoms with Gasteiger partial charge >= 0.3 is 0 Å². The maximum Gasteiger partial charge on any atom is 0.123 e. The zero-order chi connectivity index (χ0) is 20.1. The third kappa shape index (κ3) is 4.49. The van der Waals surface area contributed by atoms with Gasteiger partial charge in [-0.1, -0.05) is 30.3 Å². The van der Waals surface area contributed by atoms with Crippen LogP contribution in [0.25, 0.3) is 22.2 Å². The van der Waals surface area contributed by atoms with Gasteiger partial charge in [0.25, 0.3) is 0 Å². The normalized spacial score (nSPS) is 11.1. The van der Waals surface area contributed by atoms with Gasteiger partial charge in [-0.25, -0.2) is 4.39 Å². The predicted molar refractivity (Wildman–Crippen MR) is 116 cm³/mol. The van der Waals surface area contributed by atoms with Crippen LogP contribution < -0.4 is 10.5 Å². The zero-order valence-corrected chi connectivity index (χ0v) is 16.3. The average Bonchev–Trinajstić information content (AvgIpc) is 3.11. The third-order valence-corrected chi connectivity index (χ3v) is 5.14. The first-order valence-corrected chi connectivity index (χ1v) is 10.0. The van der Waals surface area contributed by atoms with E-state index in [4.69, 9.17) is 10.5 Å². The van der Waals surface area contributed by atoms with Crippen molar-refractivity contribution in [2.45, 2.75) is 25.9 Å². The molecular weight excluding hydrogens is 363 g/mol. The number of H-pyrrole nitrogens is 1. The van der Waals surface area contributed by atoms with E-state index in [-0.39, 0.29) is 5.82 Å². The monoisotopic (exact) mass is 388 g/mol. The van der Waals surface area contributed by atoms with Crippen molar-refractivity contribution in [1.82, 2.24) is 4.98 Å². The number of aromatic nitrogens is 1. The molecule has 1 aromatic heterocycles. The summed E-state index contributed by atoms with van der Waals surface area (Å²) in [5, 5.41) is 1.15. The minimum atomic E-state index is -0.230. The summed E-state index contributed by atoms with van der Waals surface area (Å²) in [7, 11) is 0. The van der Waals surface area contributed by atoms with Crippen molar-refractivity contribution in [3.8, 4) is 17.0 Å². The highest BCUT2D eigenvalue weighted by Gasteiger charge is 2.14. The summed E-state index contributed by atoms with van der Waals surface area (Å²) in [6.45, 7) is 1.21. The first-order valence-electron chi connectivity index (χ1n) is 10.0. The molecular formula is C25H25FN2O. The molecule has 0 bridgehead atoms. The third-order valence-electron chi connectivity index (χ3n) is 5.14. The standard InChI is InChI=1S/C25H25FN2O/c26-20-11-9-19(10-12-20)25-22(8-4-5-15-27)23-16-21(13-14-24(23)28-25)29-17-18-6-2-1-3-7-18/h1-3,6-7,9-14,16,28H,4-5,8,15,17,27H2. The van der Waals surface area contributed by atoms with Crippen LogP contribution in [0.2, 0.25) is 0 Å². The number of hydrogen-bond donors (Lipinski definition) is 2. The highest BCUT2D eigenvalue weighted by Crippen LogP contribution is 2.34. The largest absolute Gasteiger partial charge is 0.489 e. The Labute approximate surface area is 170 Å². The molecule has 4 rings (SSSR count). The van der Waals surface area contributed by atoms with E-state index >= 15 is 0 Å². The van der Waals surface area contributed by atoms with Crippen LogP contribution in [-0.4, -0.2) is 11.5 Å². The summed E-state index contributed by atoms with van der Waals surface area (Å²) in [6.07, 6.45) is 2.89. The number of nitrogens with two attached hydrogens (primary N) is 1. The Morgan fingerprint density at radius 2 is 1.69 bits per heavy atom. The van der Waals surface area contributed by atoms with Crippen molar-refractivity contribution >= 4 is 10.9 Å². The smallest absolute Gasteiger partial charge is 0.123 e. The van der Waals surface area contributed by atoms with Crippen LogP contribution >= 0.6 is 0 Å². The summed E-state index contributed by atoms with van der Waals surface area (Å²) in [4.78, 5) is 3.52. The average molecular weight is 388 g/mol. The van der Waals surface area contributed by atoms with Crippen LogP contribution in [0.4, 0.5) is 4.39 Å². The Bertz CT molecular complexity index is 1070. The molecule has 0 aliphatic carbocycles. The van der Waals surface area contributed by atoms with E-state index in [2.05, 4.69) is 29.2 Å². The van der Waals surface area contributed by atoms with Gasteiger partial charge in [0.1, 0.15) is 18.2 Å². The molecule has 29 heavy (non-hydrogen) atoms. The Kier molecular flexibility index (Phi) is 5.92. The highest BCUT2D eigenvalue weighted by molar-refractivity contribution is 5.91. The molecule has 0 saturated carbocycles. The Balaban J connectivity index is 1.67. The molecule has 0 unspecified atom stereocenters. The summed E-state index contributed by atoms with van der Waals surface area (Å²) < 4.78 is 19.4. The van der Waals surface area contributed by atoms with E-state index in [1.165, 1.54) is 17.7 Å². The number of benzene rings is 3. The molecule has 148 valence electrons. The number of nitrogens with one attached hydrogen (secondary N) is 1. The fourth-order valence-corrected chi connectivity index (χ4v) is 3.63. The van der Waals surface area contributed by atoms with Crippen LogP contribution in [-0.2, 0) is 13.0 Å². The lowest BCUT2D eigenvalue weighted by atomic mass is 10.00. The maximum atomic E-state index is 13.4. The van der Waals surface area contributed by atoms with Gasteiger partial charge in [0.15, 0.2) is 0 Å². The van der Waals surface area contributed by atoms with Crippen molar-refractivity contribution in [3.05, 3.63) is 89.7 Å². The maximum absolute atomic E-state index is 13.4. The van der Waals surface area contributed by atoms with Gasteiger partial charge < -0.3 is 15.5 Å². The molecule has 0 aliphatic heterocycles. The van der Waals surface area contributed by atoms with Crippen molar-refractivity contribution in [2.24, 2.45) is 5.73 Å². The first kappa shape index (κ1) is 19.2. The first-order chi connectivity index (χ1) is 14.2. The number of aryl methyl sites for hydroxylation is 1. The molecule has 0 fully saturated rings. The molecule has 3 N–H and O–H groups in total. The van der Waals surface area contributed by atoms with Crippen molar-refractivity contribution in [3.63, 3.8) is 0 Å². The van der Waals surface area contributed by atoms with Crippen molar-refractivity contribution in [1.29, 1.82) is 0 Å². The molecule has 0 atom stereocenters. The lowest BCUT2D eigenvalue weighted by molar-refractivity contribution is 0.306. The van der Waals surface area contributed by atoms with Gasteiger partial charge in [-0.3, -0.25) is 0 Å². The molecule has 4 heteroatoms. The van der Waals surface area contributed by atoms with Gasteiger partial charge in [0.2, 0.25) is 0 Å². The van der Waals surface area contributed by atoms with Crippen LogP contribution in [0.1, 0.15) is 24.0 Å². The number of fused-ring (bicyclic) bond motifs is 1. The van der Waals surface area contributed by atoms with Gasteiger partial charge in [-0.15, -0.1) is 0 Å². The molecule has 0 radical (unpaired) electrons. The number of halogens is 1. The number of hydrogen-bond acceptors (Lipinski definition) is 2. The zero-order valence-electron chi connectivity index (χ0n) is 16.3. The fourth-order valence-electron chi connectivity index (χ4n) is 3.63. The molecule has 0 saturated heterocycles. The van der Waals surface area contributed by atoms with Crippen LogP contribution in [0.3, 0.4) is 0 Å². The molecule has 3 nitrogen and oxygen atoms in total. The Hall–Kier alpha value is -3.11. The SMILES string of the molecule is NCCCCc1c(-c2ccc(F)cc2)[nH]c2ccc(OCc3ccccc3)cc12. The summed E-state index contributed by atoms with van der Waals surface area (Å²) in [5.41, 5.74) is 11.1. The summed E-state index contributed by atoms with van der Waals surface area (Å²) in [5.74, 6) is 0.609. The van der Waals surface area contributed by atoms with Gasteiger partial charge in [-0.2, -0.15) is 0 Å². The van der Waals surface area contributed by atoms with Crippen molar-refractivity contribution in [2.75, 3.05) is 6.54 Å². The quantitative estimate of drug-likeness (QED) is 0.373. The molecule has 3 aromatic carbocycles. The van der Waals surface area contributed by atoms with Gasteiger partial charge in [0, 0.05) is 16.6 Å². The lowest BCUT2D eigenvalue weighted by Crippen LogP contribution is -1.99. The second kappa shape index (κ2) is 8.93. The second-order valence-corrected chi connectivity index (χ2v) is 7.21. The van der Waals surface area contributed by atoms with E-state index in [9.17, 15) is 4.39 Å². The number of ether oxygens (including phenoxy) is 1. The number of unbranched alkanes of at least 4 members (excludes halogenated alkanes) is 1. The van der Waals surface area contributed by atoms with Crippen LogP contribution in [0.15, 0.2) is 72.8 Å².